The van der Waals surface area contributed by atoms with Gasteiger partial charge in [0.15, 0.2) is 5.65 Å². The van der Waals surface area contributed by atoms with E-state index in [1.165, 1.54) is 12.8 Å². The van der Waals surface area contributed by atoms with Gasteiger partial charge in [-0.2, -0.15) is 0 Å². The molecular weight excluding hydrogens is 250 g/mol. The fourth-order valence-corrected chi connectivity index (χ4v) is 2.33. The summed E-state index contributed by atoms with van der Waals surface area (Å²) in [6.45, 7) is 1.77. The van der Waals surface area contributed by atoms with Crippen molar-refractivity contribution in [2.24, 2.45) is 0 Å². The first-order chi connectivity index (χ1) is 8.65. The summed E-state index contributed by atoms with van der Waals surface area (Å²) in [5.74, 6) is 0.504. The topological polar surface area (TPSA) is 60.0 Å². The molecule has 0 radical (unpaired) electrons. The van der Waals surface area contributed by atoms with Gasteiger partial charge in [0.25, 0.3) is 0 Å². The Labute approximate surface area is 111 Å². The molecule has 0 aliphatic heterocycles. The number of pyridine rings is 1. The van der Waals surface area contributed by atoms with Crippen molar-refractivity contribution in [3.8, 4) is 0 Å². The van der Waals surface area contributed by atoms with Gasteiger partial charge >= 0.3 is 0 Å². The van der Waals surface area contributed by atoms with E-state index in [0.717, 1.165) is 30.3 Å². The van der Waals surface area contributed by atoms with Crippen molar-refractivity contribution < 1.29 is 0 Å². The van der Waals surface area contributed by atoms with Gasteiger partial charge in [0.2, 0.25) is 5.95 Å². The summed E-state index contributed by atoms with van der Waals surface area (Å²) in [7, 11) is 2.15. The SMILES string of the molecule is CN(CCn1c(N)nc2cc(Cl)cnc21)C1CC1. The third-order valence-corrected chi connectivity index (χ3v) is 3.63. The molecule has 1 saturated carbocycles. The zero-order chi connectivity index (χ0) is 12.7. The molecule has 0 unspecified atom stereocenters. The molecule has 5 nitrogen and oxygen atoms in total. The van der Waals surface area contributed by atoms with Crippen molar-refractivity contribution >= 4 is 28.7 Å². The Morgan fingerprint density at radius 2 is 2.33 bits per heavy atom. The van der Waals surface area contributed by atoms with Gasteiger partial charge in [0.1, 0.15) is 5.52 Å². The van der Waals surface area contributed by atoms with E-state index < -0.39 is 0 Å². The monoisotopic (exact) mass is 265 g/mol. The number of hydrogen-bond donors (Lipinski definition) is 1. The first-order valence-electron chi connectivity index (χ1n) is 6.12. The van der Waals surface area contributed by atoms with Crippen LogP contribution in [0.3, 0.4) is 0 Å². The van der Waals surface area contributed by atoms with Crippen LogP contribution in [-0.4, -0.2) is 39.1 Å². The molecule has 96 valence electrons. The standard InChI is InChI=1S/C12H16ClN5/c1-17(9-2-3-9)4-5-18-11-10(16-12(18)14)6-8(13)7-15-11/h6-7,9H,2-5H2,1H3,(H2,14,16). The molecule has 0 amide bonds. The first-order valence-corrected chi connectivity index (χ1v) is 6.50. The van der Waals surface area contributed by atoms with E-state index in [4.69, 9.17) is 17.3 Å². The van der Waals surface area contributed by atoms with Gasteiger partial charge in [-0.15, -0.1) is 0 Å². The maximum absolute atomic E-state index is 5.93. The molecular formula is C12H16ClN5. The summed E-state index contributed by atoms with van der Waals surface area (Å²) in [6.07, 6.45) is 4.25. The zero-order valence-corrected chi connectivity index (χ0v) is 11.1. The van der Waals surface area contributed by atoms with Crippen LogP contribution in [0.4, 0.5) is 5.95 Å². The fraction of sp³-hybridized carbons (Fsp3) is 0.500. The number of nitrogens with zero attached hydrogens (tertiary/aromatic N) is 4. The highest BCUT2D eigenvalue weighted by atomic mass is 35.5. The number of aromatic nitrogens is 3. The number of rotatable bonds is 4. The van der Waals surface area contributed by atoms with E-state index in [9.17, 15) is 0 Å². The fourth-order valence-electron chi connectivity index (χ4n) is 2.18. The van der Waals surface area contributed by atoms with Crippen LogP contribution in [0.1, 0.15) is 12.8 Å². The summed E-state index contributed by atoms with van der Waals surface area (Å²) in [4.78, 5) is 11.0. The molecule has 2 aromatic heterocycles. The van der Waals surface area contributed by atoms with Crippen LogP contribution < -0.4 is 5.73 Å². The maximum atomic E-state index is 5.93. The summed E-state index contributed by atoms with van der Waals surface area (Å²) in [5.41, 5.74) is 7.50. The van der Waals surface area contributed by atoms with Gasteiger partial charge in [-0.25, -0.2) is 9.97 Å². The second-order valence-electron chi connectivity index (χ2n) is 4.83. The molecule has 1 fully saturated rings. The molecule has 3 rings (SSSR count). The number of halogens is 1. The number of fused-ring (bicyclic) bond motifs is 1. The Hall–Kier alpha value is -1.33. The van der Waals surface area contributed by atoms with Gasteiger partial charge in [0.05, 0.1) is 5.02 Å². The lowest BCUT2D eigenvalue weighted by molar-refractivity contribution is 0.311. The predicted octanol–water partition coefficient (Wildman–Crippen LogP) is 1.76. The second kappa shape index (κ2) is 4.40. The average Bonchev–Trinajstić information content (AvgIpc) is 3.11. The van der Waals surface area contributed by atoms with Crippen molar-refractivity contribution in [2.45, 2.75) is 25.4 Å². The Morgan fingerprint density at radius 3 is 3.06 bits per heavy atom. The minimum atomic E-state index is 0.504. The Bertz CT molecular complexity index is 575. The van der Waals surface area contributed by atoms with Gasteiger partial charge in [-0.05, 0) is 26.0 Å². The number of imidazole rings is 1. The number of likely N-dealkylation sites (N-methyl/N-ethyl adjacent to an activating group) is 1. The van der Waals surface area contributed by atoms with Crippen LogP contribution in [0.15, 0.2) is 12.3 Å². The van der Waals surface area contributed by atoms with Crippen LogP contribution in [0, 0.1) is 0 Å². The summed E-state index contributed by atoms with van der Waals surface area (Å²) in [5, 5.41) is 0.585. The minimum absolute atomic E-state index is 0.504. The van der Waals surface area contributed by atoms with Crippen molar-refractivity contribution in [3.63, 3.8) is 0 Å². The molecule has 1 aliphatic carbocycles. The molecule has 18 heavy (non-hydrogen) atoms. The number of nitrogens with two attached hydrogens (primary N) is 1. The third kappa shape index (κ3) is 2.15. The number of anilines is 1. The molecule has 2 aromatic rings. The van der Waals surface area contributed by atoms with Crippen molar-refractivity contribution in [1.29, 1.82) is 0 Å². The lowest BCUT2D eigenvalue weighted by atomic mass is 10.4. The minimum Gasteiger partial charge on any atom is -0.369 e. The van der Waals surface area contributed by atoms with Gasteiger partial charge in [-0.1, -0.05) is 11.6 Å². The van der Waals surface area contributed by atoms with E-state index in [1.54, 1.807) is 12.3 Å². The van der Waals surface area contributed by atoms with Crippen LogP contribution in [0.2, 0.25) is 5.02 Å². The predicted molar refractivity (Wildman–Crippen MR) is 72.6 cm³/mol. The normalized spacial score (nSPS) is 15.7. The quantitative estimate of drug-likeness (QED) is 0.915. The Kier molecular flexibility index (Phi) is 2.87. The third-order valence-electron chi connectivity index (χ3n) is 3.43. The molecule has 6 heteroatoms. The molecule has 0 spiro atoms. The van der Waals surface area contributed by atoms with E-state index in [0.29, 0.717) is 11.0 Å². The zero-order valence-electron chi connectivity index (χ0n) is 10.3. The number of nitrogen functional groups attached to an aromatic ring is 1. The van der Waals surface area contributed by atoms with E-state index in [2.05, 4.69) is 21.9 Å². The summed E-state index contributed by atoms with van der Waals surface area (Å²) < 4.78 is 1.95. The van der Waals surface area contributed by atoms with E-state index in [1.807, 2.05) is 4.57 Å². The van der Waals surface area contributed by atoms with Gasteiger partial charge < -0.3 is 10.6 Å². The van der Waals surface area contributed by atoms with Gasteiger partial charge in [-0.3, -0.25) is 4.57 Å². The molecule has 1 aliphatic rings. The number of hydrogen-bond acceptors (Lipinski definition) is 4. The molecule has 0 atom stereocenters. The van der Waals surface area contributed by atoms with Crippen LogP contribution >= 0.6 is 11.6 Å². The van der Waals surface area contributed by atoms with Crippen LogP contribution in [0.25, 0.3) is 11.2 Å². The molecule has 2 heterocycles. The Morgan fingerprint density at radius 1 is 1.56 bits per heavy atom. The average molecular weight is 266 g/mol. The van der Waals surface area contributed by atoms with Crippen molar-refractivity contribution in [1.82, 2.24) is 19.4 Å². The highest BCUT2D eigenvalue weighted by molar-refractivity contribution is 6.31. The van der Waals surface area contributed by atoms with Crippen LogP contribution in [0.5, 0.6) is 0 Å². The molecule has 2 N–H and O–H groups in total. The molecule has 0 saturated heterocycles. The maximum Gasteiger partial charge on any atom is 0.202 e. The smallest absolute Gasteiger partial charge is 0.202 e. The van der Waals surface area contributed by atoms with Crippen LogP contribution in [-0.2, 0) is 6.54 Å². The second-order valence-corrected chi connectivity index (χ2v) is 5.27. The lowest BCUT2D eigenvalue weighted by Crippen LogP contribution is -2.25. The summed E-state index contributed by atoms with van der Waals surface area (Å²) >= 11 is 5.90. The van der Waals surface area contributed by atoms with E-state index >= 15 is 0 Å². The van der Waals surface area contributed by atoms with Crippen molar-refractivity contribution in [2.75, 3.05) is 19.3 Å². The highest BCUT2D eigenvalue weighted by Crippen LogP contribution is 2.25. The van der Waals surface area contributed by atoms with E-state index in [-0.39, 0.29) is 0 Å². The largest absolute Gasteiger partial charge is 0.369 e. The Balaban J connectivity index is 1.83. The first kappa shape index (κ1) is 11.7. The summed E-state index contributed by atoms with van der Waals surface area (Å²) in [6, 6.07) is 2.55. The van der Waals surface area contributed by atoms with Crippen molar-refractivity contribution in [3.05, 3.63) is 17.3 Å². The molecule has 0 bridgehead atoms. The molecule has 0 aromatic carbocycles. The lowest BCUT2D eigenvalue weighted by Gasteiger charge is -2.16. The highest BCUT2D eigenvalue weighted by Gasteiger charge is 2.25. The van der Waals surface area contributed by atoms with Gasteiger partial charge in [0, 0.05) is 25.3 Å².